The lowest BCUT2D eigenvalue weighted by atomic mass is 9.81. The van der Waals surface area contributed by atoms with Crippen molar-refractivity contribution in [2.24, 2.45) is 11.8 Å². The van der Waals surface area contributed by atoms with Crippen molar-refractivity contribution in [3.63, 3.8) is 0 Å². The molecule has 1 heterocycles. The average Bonchev–Trinajstić information content (AvgIpc) is 2.96. The van der Waals surface area contributed by atoms with Gasteiger partial charge in [-0.05, 0) is 42.2 Å². The highest BCUT2D eigenvalue weighted by Gasteiger charge is 2.47. The number of carbonyl (C=O) groups excluding carboxylic acids is 3. The molecule has 5 heteroatoms. The molecule has 1 aliphatic carbocycles. The molecule has 4 rings (SSSR count). The highest BCUT2D eigenvalue weighted by atomic mass is 16.2. The lowest BCUT2D eigenvalue weighted by molar-refractivity contribution is -0.140. The van der Waals surface area contributed by atoms with Crippen molar-refractivity contribution >= 4 is 28.5 Å². The highest BCUT2D eigenvalue weighted by Crippen LogP contribution is 2.38. The molecule has 3 atom stereocenters. The summed E-state index contributed by atoms with van der Waals surface area (Å²) in [4.78, 5) is 38.7. The van der Waals surface area contributed by atoms with Crippen molar-refractivity contribution < 1.29 is 14.4 Å². The second-order valence-corrected chi connectivity index (χ2v) is 7.97. The summed E-state index contributed by atoms with van der Waals surface area (Å²) in [6, 6.07) is 14.1. The fourth-order valence-electron chi connectivity index (χ4n) is 4.54. The zero-order chi connectivity index (χ0) is 19.7. The highest BCUT2D eigenvalue weighted by molar-refractivity contribution is 6.05. The van der Waals surface area contributed by atoms with Crippen LogP contribution in [0, 0.1) is 11.8 Å². The summed E-state index contributed by atoms with van der Waals surface area (Å²) in [6.45, 7) is 2.13. The SMILES string of the molecule is C[C@H](NC(=O)CCN1C(=O)[C@@H]2CCCC[C@H]2C1=O)c1ccc2ccccc2c1. The molecule has 2 aliphatic rings. The molecule has 1 saturated heterocycles. The van der Waals surface area contributed by atoms with Gasteiger partial charge >= 0.3 is 0 Å². The molecule has 0 bridgehead atoms. The third kappa shape index (κ3) is 3.53. The molecular formula is C23H26N2O3. The first-order valence-corrected chi connectivity index (χ1v) is 10.2. The predicted octanol–water partition coefficient (Wildman–Crippen LogP) is 3.58. The molecule has 3 amide bonds. The maximum absolute atomic E-state index is 12.5. The van der Waals surface area contributed by atoms with Gasteiger partial charge in [-0.3, -0.25) is 19.3 Å². The molecule has 0 radical (unpaired) electrons. The van der Waals surface area contributed by atoms with Gasteiger partial charge < -0.3 is 5.32 Å². The van der Waals surface area contributed by atoms with Crippen LogP contribution in [0.3, 0.4) is 0 Å². The Morgan fingerprint density at radius 2 is 1.68 bits per heavy atom. The van der Waals surface area contributed by atoms with E-state index in [9.17, 15) is 14.4 Å². The van der Waals surface area contributed by atoms with E-state index < -0.39 is 0 Å². The summed E-state index contributed by atoms with van der Waals surface area (Å²) in [6.07, 6.45) is 3.78. The van der Waals surface area contributed by atoms with Crippen molar-refractivity contribution in [2.45, 2.75) is 45.1 Å². The van der Waals surface area contributed by atoms with Gasteiger partial charge in [0.2, 0.25) is 17.7 Å². The second-order valence-electron chi connectivity index (χ2n) is 7.97. The third-order valence-corrected chi connectivity index (χ3v) is 6.15. The molecule has 2 fully saturated rings. The molecule has 28 heavy (non-hydrogen) atoms. The van der Waals surface area contributed by atoms with E-state index in [1.165, 1.54) is 4.90 Å². The summed E-state index contributed by atoms with van der Waals surface area (Å²) in [7, 11) is 0. The fraction of sp³-hybridized carbons (Fsp3) is 0.435. The largest absolute Gasteiger partial charge is 0.350 e. The summed E-state index contributed by atoms with van der Waals surface area (Å²) in [5, 5.41) is 5.29. The van der Waals surface area contributed by atoms with Crippen molar-refractivity contribution in [2.75, 3.05) is 6.54 Å². The Bertz CT molecular complexity index is 899. The second kappa shape index (κ2) is 7.74. The number of imide groups is 1. The molecule has 5 nitrogen and oxygen atoms in total. The number of nitrogens with one attached hydrogen (secondary N) is 1. The van der Waals surface area contributed by atoms with Crippen LogP contribution in [0.4, 0.5) is 0 Å². The van der Waals surface area contributed by atoms with Crippen LogP contribution in [-0.4, -0.2) is 29.2 Å². The van der Waals surface area contributed by atoms with Crippen LogP contribution in [0.15, 0.2) is 42.5 Å². The maximum atomic E-state index is 12.5. The fourth-order valence-corrected chi connectivity index (χ4v) is 4.54. The zero-order valence-corrected chi connectivity index (χ0v) is 16.2. The number of nitrogens with zero attached hydrogens (tertiary/aromatic N) is 1. The van der Waals surface area contributed by atoms with Gasteiger partial charge in [0.15, 0.2) is 0 Å². The molecule has 1 aliphatic heterocycles. The van der Waals surface area contributed by atoms with Crippen LogP contribution < -0.4 is 5.32 Å². The standard InChI is InChI=1S/C23H26N2O3/c1-15(17-11-10-16-6-2-3-7-18(16)14-17)24-21(26)12-13-25-22(27)19-8-4-5-9-20(19)23(25)28/h2-3,6-7,10-11,14-15,19-20H,4-5,8-9,12-13H2,1H3,(H,24,26)/t15-,19+,20+/m0/s1. The molecular weight excluding hydrogens is 352 g/mol. The van der Waals surface area contributed by atoms with Crippen LogP contribution in [0.2, 0.25) is 0 Å². The molecule has 1 N–H and O–H groups in total. The van der Waals surface area contributed by atoms with E-state index in [0.29, 0.717) is 0 Å². The minimum Gasteiger partial charge on any atom is -0.350 e. The lowest BCUT2D eigenvalue weighted by Crippen LogP contribution is -2.36. The Morgan fingerprint density at radius 1 is 1.04 bits per heavy atom. The van der Waals surface area contributed by atoms with E-state index in [4.69, 9.17) is 0 Å². The molecule has 0 unspecified atom stereocenters. The quantitative estimate of drug-likeness (QED) is 0.809. The zero-order valence-electron chi connectivity index (χ0n) is 16.2. The van der Waals surface area contributed by atoms with Gasteiger partial charge in [0, 0.05) is 13.0 Å². The van der Waals surface area contributed by atoms with Gasteiger partial charge in [0.1, 0.15) is 0 Å². The van der Waals surface area contributed by atoms with Crippen LogP contribution >= 0.6 is 0 Å². The number of amides is 3. The summed E-state index contributed by atoms with van der Waals surface area (Å²) in [5.41, 5.74) is 1.03. The Balaban J connectivity index is 1.35. The molecule has 146 valence electrons. The van der Waals surface area contributed by atoms with Gasteiger partial charge in [0.25, 0.3) is 0 Å². The molecule has 1 saturated carbocycles. The van der Waals surface area contributed by atoms with E-state index in [0.717, 1.165) is 42.0 Å². The third-order valence-electron chi connectivity index (χ3n) is 6.15. The Morgan fingerprint density at radius 3 is 2.36 bits per heavy atom. The van der Waals surface area contributed by atoms with Gasteiger partial charge in [-0.15, -0.1) is 0 Å². The monoisotopic (exact) mass is 378 g/mol. The first-order valence-electron chi connectivity index (χ1n) is 10.2. The van der Waals surface area contributed by atoms with Crippen LogP contribution in [0.25, 0.3) is 10.8 Å². The molecule has 0 aromatic heterocycles. The number of likely N-dealkylation sites (tertiary alicyclic amines) is 1. The lowest BCUT2D eigenvalue weighted by Gasteiger charge is -2.19. The smallest absolute Gasteiger partial charge is 0.233 e. The van der Waals surface area contributed by atoms with E-state index >= 15 is 0 Å². The first kappa shape index (κ1) is 18.7. The Labute approximate surface area is 165 Å². The van der Waals surface area contributed by atoms with Gasteiger partial charge in [-0.2, -0.15) is 0 Å². The molecule has 2 aromatic carbocycles. The van der Waals surface area contributed by atoms with E-state index in [-0.39, 0.29) is 48.6 Å². The number of benzene rings is 2. The first-order chi connectivity index (χ1) is 13.5. The van der Waals surface area contributed by atoms with Gasteiger partial charge in [-0.1, -0.05) is 49.2 Å². The van der Waals surface area contributed by atoms with E-state index in [1.54, 1.807) is 0 Å². The van der Waals surface area contributed by atoms with E-state index in [1.807, 2.05) is 25.1 Å². The van der Waals surface area contributed by atoms with Crippen molar-refractivity contribution in [3.05, 3.63) is 48.0 Å². The van der Waals surface area contributed by atoms with Crippen molar-refractivity contribution in [3.8, 4) is 0 Å². The van der Waals surface area contributed by atoms with Gasteiger partial charge in [-0.25, -0.2) is 0 Å². The van der Waals surface area contributed by atoms with E-state index in [2.05, 4.69) is 29.6 Å². The summed E-state index contributed by atoms with van der Waals surface area (Å²) < 4.78 is 0. The van der Waals surface area contributed by atoms with Crippen molar-refractivity contribution in [1.82, 2.24) is 10.2 Å². The topological polar surface area (TPSA) is 66.5 Å². The number of hydrogen-bond acceptors (Lipinski definition) is 3. The molecule has 0 spiro atoms. The Hall–Kier alpha value is -2.69. The summed E-state index contributed by atoms with van der Waals surface area (Å²) in [5.74, 6) is -0.604. The van der Waals surface area contributed by atoms with Gasteiger partial charge in [0.05, 0.1) is 17.9 Å². The maximum Gasteiger partial charge on any atom is 0.233 e. The minimum absolute atomic E-state index is 0.0786. The predicted molar refractivity (Wildman–Crippen MR) is 107 cm³/mol. The average molecular weight is 378 g/mol. The minimum atomic E-state index is -0.152. The van der Waals surface area contributed by atoms with Crippen LogP contribution in [0.1, 0.15) is 50.6 Å². The van der Waals surface area contributed by atoms with Crippen molar-refractivity contribution in [1.29, 1.82) is 0 Å². The number of carbonyl (C=O) groups is 3. The Kier molecular flexibility index (Phi) is 5.16. The number of rotatable bonds is 5. The molecule has 2 aromatic rings. The van der Waals surface area contributed by atoms with Crippen LogP contribution in [-0.2, 0) is 14.4 Å². The normalized spacial score (nSPS) is 23.0. The number of hydrogen-bond donors (Lipinski definition) is 1. The summed E-state index contributed by atoms with van der Waals surface area (Å²) >= 11 is 0. The number of fused-ring (bicyclic) bond motifs is 2. The van der Waals surface area contributed by atoms with Crippen LogP contribution in [0.5, 0.6) is 0 Å².